The Labute approximate surface area is 79.0 Å². The fraction of sp³-hybridized carbons (Fsp3) is 0.167. The van der Waals surface area contributed by atoms with E-state index in [0.29, 0.717) is 11.3 Å². The van der Waals surface area contributed by atoms with Gasteiger partial charge in [0.15, 0.2) is 0 Å². The van der Waals surface area contributed by atoms with Crippen LogP contribution in [0.2, 0.25) is 0 Å². The van der Waals surface area contributed by atoms with Crippen molar-refractivity contribution in [2.45, 2.75) is 5.92 Å². The van der Waals surface area contributed by atoms with Crippen LogP contribution in [0, 0.1) is 0 Å². The van der Waals surface area contributed by atoms with Gasteiger partial charge in [-0.2, -0.15) is 8.78 Å². The Morgan fingerprint density at radius 1 is 1.67 bits per heavy atom. The minimum atomic E-state index is -3.80. The van der Waals surface area contributed by atoms with Gasteiger partial charge >= 0.3 is 11.9 Å². The molecule has 0 aliphatic heterocycles. The Bertz CT molecular complexity index is 310. The first-order valence-corrected chi connectivity index (χ1v) is 4.48. The summed E-state index contributed by atoms with van der Waals surface area (Å²) in [6, 6.07) is 1.39. The number of alkyl halides is 2. The Kier molecular flexibility index (Phi) is 2.48. The number of hydrogen-bond donors (Lipinski definition) is 1. The van der Waals surface area contributed by atoms with E-state index in [0.717, 1.165) is 0 Å². The van der Waals surface area contributed by atoms with Gasteiger partial charge in [-0.1, -0.05) is 0 Å². The summed E-state index contributed by atoms with van der Waals surface area (Å²) in [5.41, 5.74) is 0. The largest absolute Gasteiger partial charge is 0.477 e. The van der Waals surface area contributed by atoms with Crippen molar-refractivity contribution in [2.24, 2.45) is 0 Å². The summed E-state index contributed by atoms with van der Waals surface area (Å²) in [4.78, 5) is 9.63. The van der Waals surface area contributed by atoms with E-state index in [1.165, 1.54) is 11.4 Å². The van der Waals surface area contributed by atoms with Crippen LogP contribution in [-0.4, -0.2) is 11.1 Å². The summed E-state index contributed by atoms with van der Waals surface area (Å²) in [6.07, 6.45) is 0. The monoisotopic (exact) mass is 256 g/mol. The zero-order valence-corrected chi connectivity index (χ0v) is 7.95. The van der Waals surface area contributed by atoms with Gasteiger partial charge in [-0.15, -0.1) is 11.3 Å². The Morgan fingerprint density at radius 2 is 2.25 bits per heavy atom. The third kappa shape index (κ3) is 1.49. The van der Waals surface area contributed by atoms with Gasteiger partial charge in [0.05, 0.1) is 4.88 Å². The van der Waals surface area contributed by atoms with Crippen LogP contribution in [0.25, 0.3) is 0 Å². The van der Waals surface area contributed by atoms with E-state index in [9.17, 15) is 13.6 Å². The molecule has 1 rings (SSSR count). The lowest BCUT2D eigenvalue weighted by molar-refractivity contribution is -0.165. The van der Waals surface area contributed by atoms with Gasteiger partial charge in [0.1, 0.15) is 0 Å². The van der Waals surface area contributed by atoms with Crippen molar-refractivity contribution in [3.63, 3.8) is 0 Å². The summed E-state index contributed by atoms with van der Waals surface area (Å²) in [6.45, 7) is 0. The van der Waals surface area contributed by atoms with Gasteiger partial charge in [0, 0.05) is 4.47 Å². The lowest BCUT2D eigenvalue weighted by Crippen LogP contribution is -2.24. The average molecular weight is 257 g/mol. The first-order chi connectivity index (χ1) is 5.46. The molecular weight excluding hydrogens is 254 g/mol. The lowest BCUT2D eigenvalue weighted by Gasteiger charge is -2.08. The zero-order valence-electron chi connectivity index (χ0n) is 5.55. The molecule has 1 aromatic rings. The summed E-state index contributed by atoms with van der Waals surface area (Å²) < 4.78 is 25.6. The lowest BCUT2D eigenvalue weighted by atomic mass is 10.3. The topological polar surface area (TPSA) is 37.3 Å². The van der Waals surface area contributed by atoms with E-state index in [4.69, 9.17) is 5.11 Å². The van der Waals surface area contributed by atoms with Crippen LogP contribution in [0.5, 0.6) is 0 Å². The molecule has 0 saturated heterocycles. The van der Waals surface area contributed by atoms with Gasteiger partial charge in [0.2, 0.25) is 0 Å². The summed E-state index contributed by atoms with van der Waals surface area (Å²) >= 11 is 3.54. The minimum Gasteiger partial charge on any atom is -0.477 e. The van der Waals surface area contributed by atoms with Crippen LogP contribution < -0.4 is 0 Å². The molecule has 1 heterocycles. The number of carboxylic acids is 1. The van der Waals surface area contributed by atoms with Crippen molar-refractivity contribution in [1.82, 2.24) is 0 Å². The first kappa shape index (κ1) is 9.60. The predicted molar refractivity (Wildman–Crippen MR) is 43.5 cm³/mol. The highest BCUT2D eigenvalue weighted by Crippen LogP contribution is 2.37. The molecule has 12 heavy (non-hydrogen) atoms. The number of carbonyl (C=O) groups is 1. The van der Waals surface area contributed by atoms with Crippen LogP contribution in [0.3, 0.4) is 0 Å². The second-order valence-electron chi connectivity index (χ2n) is 1.98. The first-order valence-electron chi connectivity index (χ1n) is 2.81. The fourth-order valence-corrected chi connectivity index (χ4v) is 2.21. The maximum Gasteiger partial charge on any atom is 0.380 e. The van der Waals surface area contributed by atoms with Crippen LogP contribution in [0.4, 0.5) is 8.78 Å². The molecule has 66 valence electrons. The van der Waals surface area contributed by atoms with Crippen molar-refractivity contribution >= 4 is 33.2 Å². The SMILES string of the molecule is O=C(O)C(F)(F)c1sccc1Br. The van der Waals surface area contributed by atoms with E-state index >= 15 is 0 Å². The molecule has 0 bridgehead atoms. The van der Waals surface area contributed by atoms with E-state index in [1.54, 1.807) is 0 Å². The summed E-state index contributed by atoms with van der Waals surface area (Å²) in [7, 11) is 0. The quantitative estimate of drug-likeness (QED) is 0.884. The number of hydrogen-bond acceptors (Lipinski definition) is 2. The highest BCUT2D eigenvalue weighted by molar-refractivity contribution is 9.10. The Morgan fingerprint density at radius 3 is 2.58 bits per heavy atom. The van der Waals surface area contributed by atoms with Crippen LogP contribution in [0.15, 0.2) is 15.9 Å². The molecule has 0 saturated carbocycles. The summed E-state index contributed by atoms with van der Waals surface area (Å²) in [5.74, 6) is -5.93. The highest BCUT2D eigenvalue weighted by atomic mass is 79.9. The minimum absolute atomic E-state index is 0.125. The molecule has 0 atom stereocenters. The molecule has 0 spiro atoms. The molecule has 0 aromatic carbocycles. The number of rotatable bonds is 2. The maximum absolute atomic E-state index is 12.8. The molecule has 1 N–H and O–H groups in total. The third-order valence-electron chi connectivity index (χ3n) is 1.17. The molecule has 2 nitrogen and oxygen atoms in total. The maximum atomic E-state index is 12.8. The summed E-state index contributed by atoms with van der Waals surface area (Å²) in [5, 5.41) is 9.57. The molecule has 1 aromatic heterocycles. The van der Waals surface area contributed by atoms with Crippen molar-refractivity contribution in [3.8, 4) is 0 Å². The van der Waals surface area contributed by atoms with E-state index in [-0.39, 0.29) is 4.47 Å². The molecule has 0 amide bonds. The Balaban J connectivity index is 3.13. The van der Waals surface area contributed by atoms with Gasteiger partial charge < -0.3 is 5.11 Å². The van der Waals surface area contributed by atoms with Crippen molar-refractivity contribution in [3.05, 3.63) is 20.8 Å². The predicted octanol–water partition coefficient (Wildman–Crippen LogP) is 2.69. The standard InChI is InChI=1S/C6H3BrF2O2S/c7-3-1-2-12-4(3)6(8,9)5(10)11/h1-2H,(H,10,11). The molecule has 6 heteroatoms. The van der Waals surface area contributed by atoms with E-state index in [1.807, 2.05) is 0 Å². The second kappa shape index (κ2) is 3.10. The van der Waals surface area contributed by atoms with Gasteiger partial charge in [-0.3, -0.25) is 0 Å². The molecule has 0 aliphatic carbocycles. The van der Waals surface area contributed by atoms with Crippen LogP contribution in [-0.2, 0) is 10.7 Å². The van der Waals surface area contributed by atoms with Crippen LogP contribution >= 0.6 is 27.3 Å². The normalized spacial score (nSPS) is 11.6. The van der Waals surface area contributed by atoms with Crippen molar-refractivity contribution in [1.29, 1.82) is 0 Å². The number of carboxylic acid groups (broad SMARTS) is 1. The average Bonchev–Trinajstić information content (AvgIpc) is 2.35. The number of thiophene rings is 1. The molecule has 0 radical (unpaired) electrons. The fourth-order valence-electron chi connectivity index (χ4n) is 0.615. The Hall–Kier alpha value is -0.490. The van der Waals surface area contributed by atoms with E-state index < -0.39 is 16.8 Å². The van der Waals surface area contributed by atoms with Crippen molar-refractivity contribution < 1.29 is 18.7 Å². The molecule has 0 aliphatic rings. The zero-order chi connectivity index (χ0) is 9.35. The molecular formula is C6H3BrF2O2S. The number of halogens is 3. The highest BCUT2D eigenvalue weighted by Gasteiger charge is 2.43. The molecule has 0 fully saturated rings. The van der Waals surface area contributed by atoms with Crippen molar-refractivity contribution in [2.75, 3.05) is 0 Å². The smallest absolute Gasteiger partial charge is 0.380 e. The third-order valence-corrected chi connectivity index (χ3v) is 3.08. The van der Waals surface area contributed by atoms with Gasteiger partial charge in [-0.05, 0) is 27.4 Å². The molecule has 0 unspecified atom stereocenters. The van der Waals surface area contributed by atoms with Gasteiger partial charge in [0.25, 0.3) is 0 Å². The second-order valence-corrected chi connectivity index (χ2v) is 3.75. The van der Waals surface area contributed by atoms with E-state index in [2.05, 4.69) is 15.9 Å². The number of aliphatic carboxylic acids is 1. The van der Waals surface area contributed by atoms with Crippen LogP contribution in [0.1, 0.15) is 4.88 Å². The van der Waals surface area contributed by atoms with Gasteiger partial charge in [-0.25, -0.2) is 4.79 Å².